The van der Waals surface area contributed by atoms with Crippen LogP contribution in [0.3, 0.4) is 0 Å². The monoisotopic (exact) mass is 329 g/mol. The molecular formula is C20H27NO3. The molecule has 2 aromatic carbocycles. The maximum Gasteiger partial charge on any atom is 0.161 e. The van der Waals surface area contributed by atoms with E-state index in [1.54, 1.807) is 7.11 Å². The molecule has 0 aromatic heterocycles. The predicted octanol–water partition coefficient (Wildman–Crippen LogP) is 3.78. The lowest BCUT2D eigenvalue weighted by Crippen LogP contribution is -2.15. The van der Waals surface area contributed by atoms with Gasteiger partial charge in [-0.1, -0.05) is 18.2 Å². The van der Waals surface area contributed by atoms with E-state index >= 15 is 0 Å². The molecule has 0 radical (unpaired) electrons. The summed E-state index contributed by atoms with van der Waals surface area (Å²) in [6, 6.07) is 14.2. The first-order valence-corrected chi connectivity index (χ1v) is 8.44. The standard InChI is InChI=1S/C20H27NO3/c1-4-23-18-8-6-7-16(13-18)17(14-21)11-15-9-10-19(24-5-2)20(12-15)22-3/h6-10,12-13,17H,4-5,11,14,21H2,1-3H3. The molecule has 0 aliphatic rings. The molecule has 2 aromatic rings. The molecule has 2 N–H and O–H groups in total. The zero-order chi connectivity index (χ0) is 17.4. The van der Waals surface area contributed by atoms with Crippen LogP contribution in [-0.4, -0.2) is 26.9 Å². The lowest BCUT2D eigenvalue weighted by Gasteiger charge is -2.18. The van der Waals surface area contributed by atoms with E-state index < -0.39 is 0 Å². The van der Waals surface area contributed by atoms with Gasteiger partial charge in [-0.25, -0.2) is 0 Å². The normalized spacial score (nSPS) is 11.8. The molecule has 0 spiro atoms. The Balaban J connectivity index is 2.19. The minimum Gasteiger partial charge on any atom is -0.494 e. The highest BCUT2D eigenvalue weighted by atomic mass is 16.5. The van der Waals surface area contributed by atoms with E-state index in [-0.39, 0.29) is 5.92 Å². The van der Waals surface area contributed by atoms with Crippen LogP contribution in [0.5, 0.6) is 17.2 Å². The third-order valence-corrected chi connectivity index (χ3v) is 3.93. The van der Waals surface area contributed by atoms with Crippen molar-refractivity contribution in [3.8, 4) is 17.2 Å². The van der Waals surface area contributed by atoms with Crippen molar-refractivity contribution < 1.29 is 14.2 Å². The van der Waals surface area contributed by atoms with Gasteiger partial charge in [0, 0.05) is 5.92 Å². The van der Waals surface area contributed by atoms with Crippen LogP contribution in [0.1, 0.15) is 30.9 Å². The fraction of sp³-hybridized carbons (Fsp3) is 0.400. The van der Waals surface area contributed by atoms with Gasteiger partial charge in [0.2, 0.25) is 0 Å². The molecule has 0 aliphatic heterocycles. The maximum absolute atomic E-state index is 6.03. The average molecular weight is 329 g/mol. The number of ether oxygens (including phenoxy) is 3. The van der Waals surface area contributed by atoms with Crippen molar-refractivity contribution in [2.75, 3.05) is 26.9 Å². The van der Waals surface area contributed by atoms with Crippen molar-refractivity contribution in [1.29, 1.82) is 0 Å². The molecule has 1 unspecified atom stereocenters. The summed E-state index contributed by atoms with van der Waals surface area (Å²) < 4.78 is 16.6. The maximum atomic E-state index is 6.03. The number of hydrogen-bond donors (Lipinski definition) is 1. The molecule has 4 heteroatoms. The summed E-state index contributed by atoms with van der Waals surface area (Å²) in [4.78, 5) is 0. The molecule has 0 fully saturated rings. The Hall–Kier alpha value is -2.20. The second kappa shape index (κ2) is 9.18. The van der Waals surface area contributed by atoms with Crippen LogP contribution in [0.25, 0.3) is 0 Å². The minimum absolute atomic E-state index is 0.230. The molecule has 0 amide bonds. The van der Waals surface area contributed by atoms with E-state index in [1.807, 2.05) is 38.1 Å². The van der Waals surface area contributed by atoms with E-state index in [0.717, 1.165) is 23.7 Å². The van der Waals surface area contributed by atoms with E-state index in [0.29, 0.717) is 19.8 Å². The summed E-state index contributed by atoms with van der Waals surface area (Å²) in [5.41, 5.74) is 8.39. The zero-order valence-electron chi connectivity index (χ0n) is 14.7. The van der Waals surface area contributed by atoms with Gasteiger partial charge in [-0.3, -0.25) is 0 Å². The van der Waals surface area contributed by atoms with Crippen molar-refractivity contribution in [3.63, 3.8) is 0 Å². The Bertz CT molecular complexity index is 643. The summed E-state index contributed by atoms with van der Waals surface area (Å²) in [6.45, 7) is 5.80. The molecular weight excluding hydrogens is 302 g/mol. The molecule has 0 saturated carbocycles. The van der Waals surface area contributed by atoms with Crippen LogP contribution >= 0.6 is 0 Å². The van der Waals surface area contributed by atoms with Gasteiger partial charge in [0.15, 0.2) is 11.5 Å². The molecule has 0 aliphatic carbocycles. The topological polar surface area (TPSA) is 53.7 Å². The van der Waals surface area contributed by atoms with Crippen molar-refractivity contribution in [1.82, 2.24) is 0 Å². The molecule has 24 heavy (non-hydrogen) atoms. The average Bonchev–Trinajstić information content (AvgIpc) is 2.61. The largest absolute Gasteiger partial charge is 0.494 e. The van der Waals surface area contributed by atoms with E-state index in [2.05, 4.69) is 18.2 Å². The van der Waals surface area contributed by atoms with Crippen molar-refractivity contribution in [2.45, 2.75) is 26.2 Å². The number of hydrogen-bond acceptors (Lipinski definition) is 4. The number of benzene rings is 2. The summed E-state index contributed by atoms with van der Waals surface area (Å²) in [5.74, 6) is 2.64. The second-order valence-electron chi connectivity index (χ2n) is 5.56. The Morgan fingerprint density at radius 1 is 0.958 bits per heavy atom. The van der Waals surface area contributed by atoms with Crippen LogP contribution in [0, 0.1) is 0 Å². The fourth-order valence-corrected chi connectivity index (χ4v) is 2.76. The third-order valence-electron chi connectivity index (χ3n) is 3.93. The summed E-state index contributed by atoms with van der Waals surface area (Å²) >= 11 is 0. The Kier molecular flexibility index (Phi) is 6.94. The van der Waals surface area contributed by atoms with Crippen LogP contribution in [0.4, 0.5) is 0 Å². The first-order chi connectivity index (χ1) is 11.7. The van der Waals surface area contributed by atoms with Gasteiger partial charge in [-0.05, 0) is 62.2 Å². The third kappa shape index (κ3) is 4.65. The molecule has 0 saturated heterocycles. The molecule has 1 atom stereocenters. The summed E-state index contributed by atoms with van der Waals surface area (Å²) in [7, 11) is 1.66. The van der Waals surface area contributed by atoms with Gasteiger partial charge >= 0.3 is 0 Å². The Morgan fingerprint density at radius 3 is 2.42 bits per heavy atom. The molecule has 4 nitrogen and oxygen atoms in total. The lowest BCUT2D eigenvalue weighted by atomic mass is 9.92. The SMILES string of the molecule is CCOc1cccc(C(CN)Cc2ccc(OCC)c(OC)c2)c1. The molecule has 130 valence electrons. The van der Waals surface area contributed by atoms with Gasteiger partial charge < -0.3 is 19.9 Å². The van der Waals surface area contributed by atoms with Crippen molar-refractivity contribution >= 4 is 0 Å². The second-order valence-corrected chi connectivity index (χ2v) is 5.56. The van der Waals surface area contributed by atoms with Crippen molar-refractivity contribution in [2.24, 2.45) is 5.73 Å². The van der Waals surface area contributed by atoms with Gasteiger partial charge in [-0.2, -0.15) is 0 Å². The highest BCUT2D eigenvalue weighted by Crippen LogP contribution is 2.31. The van der Waals surface area contributed by atoms with Crippen LogP contribution < -0.4 is 19.9 Å². The zero-order valence-corrected chi connectivity index (χ0v) is 14.7. The van der Waals surface area contributed by atoms with Gasteiger partial charge in [0.25, 0.3) is 0 Å². The van der Waals surface area contributed by atoms with E-state index in [9.17, 15) is 0 Å². The quantitative estimate of drug-likeness (QED) is 0.761. The highest BCUT2D eigenvalue weighted by Gasteiger charge is 2.14. The predicted molar refractivity (Wildman–Crippen MR) is 97.3 cm³/mol. The van der Waals surface area contributed by atoms with Gasteiger partial charge in [0.05, 0.1) is 20.3 Å². The van der Waals surface area contributed by atoms with Crippen molar-refractivity contribution in [3.05, 3.63) is 53.6 Å². The number of methoxy groups -OCH3 is 1. The van der Waals surface area contributed by atoms with Crippen LogP contribution in [0.15, 0.2) is 42.5 Å². The Morgan fingerprint density at radius 2 is 1.75 bits per heavy atom. The smallest absolute Gasteiger partial charge is 0.161 e. The molecule has 2 rings (SSSR count). The summed E-state index contributed by atoms with van der Waals surface area (Å²) in [6.07, 6.45) is 0.842. The van der Waals surface area contributed by atoms with E-state index in [1.165, 1.54) is 11.1 Å². The summed E-state index contributed by atoms with van der Waals surface area (Å²) in [5, 5.41) is 0. The first-order valence-electron chi connectivity index (χ1n) is 8.44. The molecule has 0 bridgehead atoms. The number of nitrogens with two attached hydrogens (primary N) is 1. The van der Waals surface area contributed by atoms with Crippen LogP contribution in [0.2, 0.25) is 0 Å². The lowest BCUT2D eigenvalue weighted by molar-refractivity contribution is 0.310. The minimum atomic E-state index is 0.230. The van der Waals surface area contributed by atoms with Crippen LogP contribution in [-0.2, 0) is 6.42 Å². The fourth-order valence-electron chi connectivity index (χ4n) is 2.76. The number of rotatable bonds is 9. The first kappa shape index (κ1) is 18.1. The Labute approximate surface area is 144 Å². The van der Waals surface area contributed by atoms with Gasteiger partial charge in [-0.15, -0.1) is 0 Å². The highest BCUT2D eigenvalue weighted by molar-refractivity contribution is 5.43. The van der Waals surface area contributed by atoms with Gasteiger partial charge in [0.1, 0.15) is 5.75 Å². The molecule has 0 heterocycles. The van der Waals surface area contributed by atoms with E-state index in [4.69, 9.17) is 19.9 Å².